The summed E-state index contributed by atoms with van der Waals surface area (Å²) < 4.78 is 50.3. The van der Waals surface area contributed by atoms with Crippen molar-refractivity contribution in [1.82, 2.24) is 0 Å². The van der Waals surface area contributed by atoms with E-state index in [2.05, 4.69) is 0 Å². The quantitative estimate of drug-likeness (QED) is 0.811. The molecule has 6 heteroatoms. The Morgan fingerprint density at radius 1 is 1.35 bits per heavy atom. The van der Waals surface area contributed by atoms with E-state index in [9.17, 15) is 22.7 Å². The summed E-state index contributed by atoms with van der Waals surface area (Å²) in [6, 6.07) is 1.54. The van der Waals surface area contributed by atoms with Gasteiger partial charge in [-0.1, -0.05) is 13.0 Å². The average molecular weight is 251 g/mol. The van der Waals surface area contributed by atoms with Crippen LogP contribution in [0.25, 0.3) is 0 Å². The Morgan fingerprint density at radius 2 is 1.94 bits per heavy atom. The summed E-state index contributed by atoms with van der Waals surface area (Å²) in [6.07, 6.45) is -5.42. The predicted octanol–water partition coefficient (Wildman–Crippen LogP) is 2.62. The molecule has 0 amide bonds. The van der Waals surface area contributed by atoms with Gasteiger partial charge in [0.2, 0.25) is 0 Å². The molecule has 0 radical (unpaired) electrons. The molecule has 0 unspecified atom stereocenters. The van der Waals surface area contributed by atoms with Crippen LogP contribution in [0.5, 0.6) is 0 Å². The Hall–Kier alpha value is -1.14. The predicted molar refractivity (Wildman–Crippen MR) is 54.6 cm³/mol. The maximum absolute atomic E-state index is 13.0. The lowest BCUT2D eigenvalue weighted by atomic mass is 9.98. The molecule has 1 aromatic rings. The Bertz CT molecular complexity index is 392. The minimum Gasteiger partial charge on any atom is -0.391 e. The van der Waals surface area contributed by atoms with Crippen LogP contribution < -0.4 is 5.73 Å². The number of hydrogen-bond acceptors (Lipinski definition) is 2. The minimum atomic E-state index is -4.77. The molecule has 0 saturated heterocycles. The number of alkyl halides is 3. The molecule has 0 saturated carbocycles. The number of nitrogens with two attached hydrogens (primary N) is 1. The van der Waals surface area contributed by atoms with Crippen LogP contribution >= 0.6 is 0 Å². The fourth-order valence-corrected chi connectivity index (χ4v) is 1.44. The Labute approximate surface area is 96.1 Å². The molecule has 2 atom stereocenters. The van der Waals surface area contributed by atoms with Gasteiger partial charge in [-0.15, -0.1) is 0 Å². The van der Waals surface area contributed by atoms with Crippen molar-refractivity contribution >= 4 is 0 Å². The smallest absolute Gasteiger partial charge is 0.391 e. The van der Waals surface area contributed by atoms with E-state index < -0.39 is 29.7 Å². The van der Waals surface area contributed by atoms with E-state index in [-0.39, 0.29) is 5.56 Å². The molecule has 96 valence electrons. The highest BCUT2D eigenvalue weighted by atomic mass is 19.4. The summed E-state index contributed by atoms with van der Waals surface area (Å²) in [5.74, 6) is -1.35. The van der Waals surface area contributed by atoms with Gasteiger partial charge in [0.1, 0.15) is 5.82 Å². The molecule has 0 spiro atoms. The van der Waals surface area contributed by atoms with Crippen molar-refractivity contribution in [3.63, 3.8) is 0 Å². The highest BCUT2D eigenvalue weighted by Crippen LogP contribution is 2.33. The average Bonchev–Trinajstić information content (AvgIpc) is 2.26. The molecule has 0 aliphatic rings. The molecule has 2 nitrogen and oxygen atoms in total. The van der Waals surface area contributed by atoms with Crippen LogP contribution in [0.3, 0.4) is 0 Å². The van der Waals surface area contributed by atoms with Crippen molar-refractivity contribution in [3.05, 3.63) is 35.1 Å². The summed E-state index contributed by atoms with van der Waals surface area (Å²) in [4.78, 5) is 0. The van der Waals surface area contributed by atoms with Crippen molar-refractivity contribution in [2.24, 2.45) is 5.73 Å². The normalized spacial score (nSPS) is 15.7. The Kier molecular flexibility index (Phi) is 4.11. The molecular formula is C11H13F4NO. The fourth-order valence-electron chi connectivity index (χ4n) is 1.44. The number of aliphatic hydroxyl groups excluding tert-OH is 1. The van der Waals surface area contributed by atoms with Crippen LogP contribution in [0.4, 0.5) is 17.6 Å². The lowest BCUT2D eigenvalue weighted by molar-refractivity contribution is -0.140. The highest BCUT2D eigenvalue weighted by molar-refractivity contribution is 5.29. The number of aliphatic hydroxyl groups is 1. The first-order valence-corrected chi connectivity index (χ1v) is 5.07. The zero-order valence-corrected chi connectivity index (χ0v) is 9.13. The van der Waals surface area contributed by atoms with Gasteiger partial charge >= 0.3 is 6.18 Å². The lowest BCUT2D eigenvalue weighted by Gasteiger charge is -2.19. The molecule has 0 heterocycles. The van der Waals surface area contributed by atoms with Crippen LogP contribution in [0.15, 0.2) is 18.2 Å². The molecule has 0 bridgehead atoms. The molecule has 1 aromatic carbocycles. The van der Waals surface area contributed by atoms with Gasteiger partial charge in [-0.05, 0) is 24.1 Å². The monoisotopic (exact) mass is 251 g/mol. The SMILES string of the molecule is CC[C@@H](O)[C@@H](N)c1ccc(F)c(C(F)(F)F)c1. The number of rotatable bonds is 3. The molecule has 1 rings (SSSR count). The maximum Gasteiger partial charge on any atom is 0.419 e. The Morgan fingerprint density at radius 3 is 2.41 bits per heavy atom. The standard InChI is InChI=1S/C11H13F4NO/c1-2-9(17)10(16)6-3-4-8(12)7(5-6)11(13,14)15/h3-5,9-10,17H,2,16H2,1H3/t9-,10+/m1/s1. The third kappa shape index (κ3) is 3.17. The van der Waals surface area contributed by atoms with Gasteiger partial charge < -0.3 is 10.8 Å². The van der Waals surface area contributed by atoms with Crippen molar-refractivity contribution in [3.8, 4) is 0 Å². The van der Waals surface area contributed by atoms with Gasteiger partial charge in [0, 0.05) is 0 Å². The van der Waals surface area contributed by atoms with E-state index in [1.165, 1.54) is 0 Å². The Balaban J connectivity index is 3.13. The van der Waals surface area contributed by atoms with Gasteiger partial charge in [0.05, 0.1) is 17.7 Å². The topological polar surface area (TPSA) is 46.2 Å². The first-order chi connectivity index (χ1) is 7.77. The fraction of sp³-hybridized carbons (Fsp3) is 0.455. The van der Waals surface area contributed by atoms with Gasteiger partial charge in [0.25, 0.3) is 0 Å². The minimum absolute atomic E-state index is 0.0630. The third-order valence-electron chi connectivity index (χ3n) is 2.51. The molecular weight excluding hydrogens is 238 g/mol. The van der Waals surface area contributed by atoms with E-state index in [1.807, 2.05) is 0 Å². The van der Waals surface area contributed by atoms with E-state index in [0.717, 1.165) is 6.07 Å². The molecule has 0 aromatic heterocycles. The van der Waals surface area contributed by atoms with Crippen molar-refractivity contribution in [1.29, 1.82) is 0 Å². The van der Waals surface area contributed by atoms with E-state index >= 15 is 0 Å². The number of benzene rings is 1. The molecule has 0 fully saturated rings. The van der Waals surface area contributed by atoms with E-state index in [1.54, 1.807) is 6.92 Å². The van der Waals surface area contributed by atoms with Gasteiger partial charge in [-0.25, -0.2) is 4.39 Å². The van der Waals surface area contributed by atoms with Gasteiger partial charge in [-0.3, -0.25) is 0 Å². The number of hydrogen-bond donors (Lipinski definition) is 2. The van der Waals surface area contributed by atoms with E-state index in [4.69, 9.17) is 5.73 Å². The second kappa shape index (κ2) is 5.01. The third-order valence-corrected chi connectivity index (χ3v) is 2.51. The largest absolute Gasteiger partial charge is 0.419 e. The molecule has 17 heavy (non-hydrogen) atoms. The summed E-state index contributed by atoms with van der Waals surface area (Å²) in [5.41, 5.74) is 4.27. The summed E-state index contributed by atoms with van der Waals surface area (Å²) in [7, 11) is 0. The van der Waals surface area contributed by atoms with Gasteiger partial charge in [0.15, 0.2) is 0 Å². The summed E-state index contributed by atoms with van der Waals surface area (Å²) in [6.45, 7) is 1.65. The molecule has 0 aliphatic heterocycles. The van der Waals surface area contributed by atoms with E-state index in [0.29, 0.717) is 18.6 Å². The van der Waals surface area contributed by atoms with Crippen LogP contribution in [-0.4, -0.2) is 11.2 Å². The van der Waals surface area contributed by atoms with Crippen molar-refractivity contribution in [2.75, 3.05) is 0 Å². The number of halogens is 4. The maximum atomic E-state index is 13.0. The van der Waals surface area contributed by atoms with Crippen molar-refractivity contribution < 1.29 is 22.7 Å². The van der Waals surface area contributed by atoms with Crippen LogP contribution in [-0.2, 0) is 6.18 Å². The molecule has 3 N–H and O–H groups in total. The second-order valence-electron chi connectivity index (χ2n) is 3.74. The summed E-state index contributed by atoms with van der Waals surface area (Å²) >= 11 is 0. The first-order valence-electron chi connectivity index (χ1n) is 5.07. The first kappa shape index (κ1) is 13.9. The van der Waals surface area contributed by atoms with Crippen LogP contribution in [0, 0.1) is 5.82 Å². The van der Waals surface area contributed by atoms with Crippen molar-refractivity contribution in [2.45, 2.75) is 31.7 Å². The van der Waals surface area contributed by atoms with Crippen LogP contribution in [0.1, 0.15) is 30.5 Å². The summed E-state index contributed by atoms with van der Waals surface area (Å²) in [5, 5.41) is 9.44. The second-order valence-corrected chi connectivity index (χ2v) is 3.74. The molecule has 0 aliphatic carbocycles. The highest BCUT2D eigenvalue weighted by Gasteiger charge is 2.34. The van der Waals surface area contributed by atoms with Gasteiger partial charge in [-0.2, -0.15) is 13.2 Å². The lowest BCUT2D eigenvalue weighted by Crippen LogP contribution is -2.26. The van der Waals surface area contributed by atoms with Crippen LogP contribution in [0.2, 0.25) is 0 Å². The zero-order valence-electron chi connectivity index (χ0n) is 9.13. The zero-order chi connectivity index (χ0) is 13.2.